The van der Waals surface area contributed by atoms with Gasteiger partial charge in [0.15, 0.2) is 0 Å². The number of hydrogen-bond donors (Lipinski definition) is 0. The van der Waals surface area contributed by atoms with Gasteiger partial charge in [-0.1, -0.05) is 29.8 Å². The lowest BCUT2D eigenvalue weighted by Gasteiger charge is -2.43. The third-order valence-electron chi connectivity index (χ3n) is 3.13. The second kappa shape index (κ2) is 4.12. The Kier molecular flexibility index (Phi) is 3.01. The van der Waals surface area contributed by atoms with Crippen molar-refractivity contribution in [3.05, 3.63) is 24.5 Å². The summed E-state index contributed by atoms with van der Waals surface area (Å²) in [5, 5.41) is 0. The van der Waals surface area contributed by atoms with E-state index in [0.717, 1.165) is 13.1 Å². The molecule has 0 aliphatic carbocycles. The average Bonchev–Trinajstić information content (AvgIpc) is 2.23. The van der Waals surface area contributed by atoms with Gasteiger partial charge < -0.3 is 4.90 Å². The Morgan fingerprint density at radius 3 is 2.67 bits per heavy atom. The molecule has 15 heavy (non-hydrogen) atoms. The van der Waals surface area contributed by atoms with Crippen molar-refractivity contribution >= 4 is 21.6 Å². The van der Waals surface area contributed by atoms with E-state index in [1.54, 1.807) is 0 Å². The molecule has 1 saturated heterocycles. The van der Waals surface area contributed by atoms with Gasteiger partial charge in [-0.15, -0.1) is 0 Å². The smallest absolute Gasteiger partial charge is 0.0397 e. The van der Waals surface area contributed by atoms with Crippen LogP contribution < -0.4 is 4.90 Å². The molecule has 0 radical (unpaired) electrons. The molecule has 1 aliphatic heterocycles. The number of nitrogens with zero attached hydrogens (tertiary/aromatic N) is 2. The second-order valence-electron chi connectivity index (χ2n) is 4.87. The van der Waals surface area contributed by atoms with Crippen molar-refractivity contribution < 1.29 is 0 Å². The van der Waals surface area contributed by atoms with Crippen LogP contribution in [-0.2, 0) is 0 Å². The molecule has 2 rings (SSSR count). The summed E-state index contributed by atoms with van der Waals surface area (Å²) >= 11 is 3.77. The summed E-state index contributed by atoms with van der Waals surface area (Å²) in [7, 11) is 0. The minimum atomic E-state index is 0.335. The molecular weight excluding hydrogens is 252 g/mol. The van der Waals surface area contributed by atoms with Gasteiger partial charge in [0.2, 0.25) is 0 Å². The predicted octanol–water partition coefficient (Wildman–Crippen LogP) is 3.08. The molecule has 1 aromatic rings. The van der Waals surface area contributed by atoms with E-state index in [-0.39, 0.29) is 0 Å². The monoisotopic (exact) mass is 268 g/mol. The summed E-state index contributed by atoms with van der Waals surface area (Å²) in [6.45, 7) is 6.87. The van der Waals surface area contributed by atoms with Crippen molar-refractivity contribution in [2.75, 3.05) is 18.0 Å². The minimum absolute atomic E-state index is 0.335. The van der Waals surface area contributed by atoms with Gasteiger partial charge in [0.25, 0.3) is 0 Å². The van der Waals surface area contributed by atoms with E-state index in [2.05, 4.69) is 51.8 Å². The van der Waals surface area contributed by atoms with Gasteiger partial charge in [-0.2, -0.15) is 0 Å². The van der Waals surface area contributed by atoms with E-state index < -0.39 is 0 Å². The first-order chi connectivity index (χ1) is 7.09. The SMILES string of the molecule is CC1(C)CN(c2ccncc2)CCC1Br. The Morgan fingerprint density at radius 2 is 2.07 bits per heavy atom. The Labute approximate surface area is 99.8 Å². The topological polar surface area (TPSA) is 16.1 Å². The van der Waals surface area contributed by atoms with Gasteiger partial charge in [0.1, 0.15) is 0 Å². The third-order valence-corrected chi connectivity index (χ3v) is 4.82. The number of pyridine rings is 1. The Balaban J connectivity index is 2.14. The number of aromatic nitrogens is 1. The summed E-state index contributed by atoms with van der Waals surface area (Å²) in [4.78, 5) is 7.13. The highest BCUT2D eigenvalue weighted by atomic mass is 79.9. The summed E-state index contributed by atoms with van der Waals surface area (Å²) < 4.78 is 0. The quantitative estimate of drug-likeness (QED) is 0.728. The molecule has 0 bridgehead atoms. The van der Waals surface area contributed by atoms with Crippen molar-refractivity contribution in [3.8, 4) is 0 Å². The number of halogens is 1. The van der Waals surface area contributed by atoms with E-state index in [9.17, 15) is 0 Å². The van der Waals surface area contributed by atoms with Gasteiger partial charge in [-0.25, -0.2) is 0 Å². The number of rotatable bonds is 1. The molecule has 2 heterocycles. The molecule has 0 amide bonds. The Morgan fingerprint density at radius 1 is 1.40 bits per heavy atom. The fraction of sp³-hybridized carbons (Fsp3) is 0.583. The number of anilines is 1. The molecule has 3 heteroatoms. The first-order valence-electron chi connectivity index (χ1n) is 5.39. The molecule has 0 saturated carbocycles. The maximum Gasteiger partial charge on any atom is 0.0397 e. The fourth-order valence-electron chi connectivity index (χ4n) is 2.11. The van der Waals surface area contributed by atoms with Crippen molar-refractivity contribution in [1.29, 1.82) is 0 Å². The number of piperidine rings is 1. The van der Waals surface area contributed by atoms with E-state index in [4.69, 9.17) is 0 Å². The average molecular weight is 269 g/mol. The lowest BCUT2D eigenvalue weighted by atomic mass is 9.84. The molecule has 0 N–H and O–H groups in total. The molecule has 82 valence electrons. The molecule has 1 unspecified atom stereocenters. The van der Waals surface area contributed by atoms with Crippen LogP contribution in [0.25, 0.3) is 0 Å². The van der Waals surface area contributed by atoms with Gasteiger partial charge in [-0.05, 0) is 24.0 Å². The zero-order valence-electron chi connectivity index (χ0n) is 9.28. The first-order valence-corrected chi connectivity index (χ1v) is 6.30. The molecule has 0 aromatic carbocycles. The van der Waals surface area contributed by atoms with Gasteiger partial charge in [-0.3, -0.25) is 4.98 Å². The van der Waals surface area contributed by atoms with E-state index in [1.807, 2.05) is 12.4 Å². The molecule has 2 nitrogen and oxygen atoms in total. The van der Waals surface area contributed by atoms with Crippen LogP contribution in [0.4, 0.5) is 5.69 Å². The van der Waals surface area contributed by atoms with Crippen molar-refractivity contribution in [1.82, 2.24) is 4.98 Å². The van der Waals surface area contributed by atoms with Crippen molar-refractivity contribution in [2.45, 2.75) is 25.1 Å². The van der Waals surface area contributed by atoms with Crippen LogP contribution in [0.3, 0.4) is 0 Å². The third kappa shape index (κ3) is 2.33. The molecule has 0 spiro atoms. The second-order valence-corrected chi connectivity index (χ2v) is 5.98. The first kappa shape index (κ1) is 10.9. The standard InChI is InChI=1S/C12H17BrN2/c1-12(2)9-15(8-5-11(12)13)10-3-6-14-7-4-10/h3-4,6-7,11H,5,8-9H2,1-2H3. The molecule has 1 atom stereocenters. The van der Waals surface area contributed by atoms with Crippen LogP contribution in [0.2, 0.25) is 0 Å². The Bertz CT molecular complexity index is 324. The predicted molar refractivity (Wildman–Crippen MR) is 67.6 cm³/mol. The minimum Gasteiger partial charge on any atom is -0.371 e. The highest BCUT2D eigenvalue weighted by molar-refractivity contribution is 9.09. The van der Waals surface area contributed by atoms with Crippen LogP contribution in [0.15, 0.2) is 24.5 Å². The lowest BCUT2D eigenvalue weighted by Crippen LogP contribution is -2.46. The summed E-state index contributed by atoms with van der Waals surface area (Å²) in [5.41, 5.74) is 1.62. The molecule has 1 aliphatic rings. The molecular formula is C12H17BrN2. The lowest BCUT2D eigenvalue weighted by molar-refractivity contribution is 0.310. The zero-order chi connectivity index (χ0) is 10.9. The fourth-order valence-corrected chi connectivity index (χ4v) is 2.45. The normalized spacial score (nSPS) is 25.3. The maximum absolute atomic E-state index is 4.06. The molecule has 1 fully saturated rings. The molecule has 1 aromatic heterocycles. The summed E-state index contributed by atoms with van der Waals surface area (Å²) in [6, 6.07) is 4.18. The van der Waals surface area contributed by atoms with Crippen LogP contribution in [0.1, 0.15) is 20.3 Å². The van der Waals surface area contributed by atoms with Crippen LogP contribution >= 0.6 is 15.9 Å². The van der Waals surface area contributed by atoms with Gasteiger partial charge in [0, 0.05) is 36.0 Å². The van der Waals surface area contributed by atoms with Crippen LogP contribution in [-0.4, -0.2) is 22.9 Å². The summed E-state index contributed by atoms with van der Waals surface area (Å²) in [6.07, 6.45) is 4.93. The maximum atomic E-state index is 4.06. The number of alkyl halides is 1. The highest BCUT2D eigenvalue weighted by Gasteiger charge is 2.34. The van der Waals surface area contributed by atoms with E-state index in [1.165, 1.54) is 12.1 Å². The van der Waals surface area contributed by atoms with Crippen LogP contribution in [0.5, 0.6) is 0 Å². The Hall–Kier alpha value is -0.570. The summed E-state index contributed by atoms with van der Waals surface area (Å²) in [5.74, 6) is 0. The van der Waals surface area contributed by atoms with Crippen molar-refractivity contribution in [3.63, 3.8) is 0 Å². The van der Waals surface area contributed by atoms with Crippen LogP contribution in [0, 0.1) is 5.41 Å². The number of hydrogen-bond acceptors (Lipinski definition) is 2. The largest absolute Gasteiger partial charge is 0.371 e. The van der Waals surface area contributed by atoms with Gasteiger partial charge in [0.05, 0.1) is 0 Å². The van der Waals surface area contributed by atoms with E-state index in [0.29, 0.717) is 10.2 Å². The van der Waals surface area contributed by atoms with E-state index >= 15 is 0 Å². The van der Waals surface area contributed by atoms with Crippen molar-refractivity contribution in [2.24, 2.45) is 5.41 Å². The zero-order valence-corrected chi connectivity index (χ0v) is 10.9. The highest BCUT2D eigenvalue weighted by Crippen LogP contribution is 2.36. The van der Waals surface area contributed by atoms with Gasteiger partial charge >= 0.3 is 0 Å².